The molecular weight excluding hydrogens is 507 g/mol. The number of nitrogens with one attached hydrogen (secondary N) is 1. The highest BCUT2D eigenvalue weighted by Crippen LogP contribution is 2.48. The lowest BCUT2D eigenvalue weighted by atomic mass is 10.00. The summed E-state index contributed by atoms with van der Waals surface area (Å²) in [6, 6.07) is 14.0. The van der Waals surface area contributed by atoms with Gasteiger partial charge in [0.15, 0.2) is 11.6 Å². The van der Waals surface area contributed by atoms with Crippen molar-refractivity contribution in [3.8, 4) is 17.1 Å². The third-order valence-corrected chi connectivity index (χ3v) is 7.14. The van der Waals surface area contributed by atoms with E-state index in [1.165, 1.54) is 19.2 Å². The predicted molar refractivity (Wildman–Crippen MR) is 135 cm³/mol. The highest BCUT2D eigenvalue weighted by atomic mass is 35.5. The molecule has 2 N–H and O–H groups in total. The number of rotatable bonds is 7. The number of halogens is 2. The summed E-state index contributed by atoms with van der Waals surface area (Å²) in [7, 11) is 1.53. The van der Waals surface area contributed by atoms with Crippen LogP contribution in [-0.2, 0) is 17.8 Å². The Hall–Kier alpha value is -3.40. The van der Waals surface area contributed by atoms with Crippen molar-refractivity contribution in [2.75, 3.05) is 11.4 Å². The number of hydrogen-bond acceptors (Lipinski definition) is 5. The highest BCUT2D eigenvalue weighted by Gasteiger charge is 2.31. The molecule has 186 valence electrons. The maximum absolute atomic E-state index is 13.9. The molecule has 1 aromatic heterocycles. The van der Waals surface area contributed by atoms with Crippen LogP contribution in [0.15, 0.2) is 59.0 Å². The van der Waals surface area contributed by atoms with E-state index in [-0.39, 0.29) is 18.4 Å². The molecule has 1 aliphatic rings. The molecule has 1 saturated carbocycles. The van der Waals surface area contributed by atoms with Crippen LogP contribution in [0.5, 0.6) is 5.75 Å². The van der Waals surface area contributed by atoms with Crippen LogP contribution in [0.3, 0.4) is 0 Å². The Morgan fingerprint density at radius 2 is 1.94 bits per heavy atom. The zero-order chi connectivity index (χ0) is 25.6. The van der Waals surface area contributed by atoms with E-state index >= 15 is 0 Å². The van der Waals surface area contributed by atoms with Crippen LogP contribution in [0, 0.1) is 5.82 Å². The van der Waals surface area contributed by atoms with Gasteiger partial charge in [0, 0.05) is 40.4 Å². The fourth-order valence-corrected chi connectivity index (χ4v) is 4.97. The van der Waals surface area contributed by atoms with Gasteiger partial charge in [0.2, 0.25) is 0 Å². The van der Waals surface area contributed by atoms with Crippen LogP contribution >= 0.6 is 11.6 Å². The standard InChI is InChI=1S/C26H22ClFN2O5S/c1-29-26(32)24-19-11-18(15-3-4-15)21(12-23(19)35-25(24)16-5-7-17(27)8-6-16)30(36(33)34)13-14-2-9-22(31)20(28)10-14/h2,5-12,15,31H,3-4,13H2,1H3,(H,29,32)(H,33,34)/p-1. The first-order chi connectivity index (χ1) is 17.3. The molecule has 1 unspecified atom stereocenters. The van der Waals surface area contributed by atoms with Gasteiger partial charge in [-0.15, -0.1) is 0 Å². The van der Waals surface area contributed by atoms with Crippen LogP contribution in [0.4, 0.5) is 10.1 Å². The molecule has 36 heavy (non-hydrogen) atoms. The number of benzene rings is 3. The molecule has 5 rings (SSSR count). The third-order valence-electron chi connectivity index (χ3n) is 6.20. The Morgan fingerprint density at radius 1 is 1.22 bits per heavy atom. The molecule has 1 heterocycles. The Balaban J connectivity index is 1.68. The molecule has 1 fully saturated rings. The highest BCUT2D eigenvalue weighted by molar-refractivity contribution is 7.80. The number of anilines is 1. The summed E-state index contributed by atoms with van der Waals surface area (Å²) in [5, 5.41) is 13.2. The first kappa shape index (κ1) is 24.3. The minimum absolute atomic E-state index is 0.124. The second-order valence-electron chi connectivity index (χ2n) is 8.61. The molecule has 0 saturated heterocycles. The van der Waals surface area contributed by atoms with Gasteiger partial charge >= 0.3 is 0 Å². The largest absolute Gasteiger partial charge is 0.755 e. The van der Waals surface area contributed by atoms with E-state index in [1.807, 2.05) is 6.07 Å². The number of aromatic hydroxyl groups is 1. The van der Waals surface area contributed by atoms with E-state index in [4.69, 9.17) is 16.0 Å². The fraction of sp³-hybridized carbons (Fsp3) is 0.192. The van der Waals surface area contributed by atoms with Crippen molar-refractivity contribution in [2.24, 2.45) is 0 Å². The number of amides is 1. The molecule has 3 aromatic carbocycles. The van der Waals surface area contributed by atoms with Crippen molar-refractivity contribution in [3.63, 3.8) is 0 Å². The number of hydrogen-bond donors (Lipinski definition) is 2. The number of nitrogens with zero attached hydrogens (tertiary/aromatic N) is 1. The van der Waals surface area contributed by atoms with Gasteiger partial charge in [-0.3, -0.25) is 13.3 Å². The number of phenolic OH excluding ortho intramolecular Hbond substituents is 1. The summed E-state index contributed by atoms with van der Waals surface area (Å²) in [6.07, 6.45) is 1.76. The van der Waals surface area contributed by atoms with E-state index < -0.39 is 22.8 Å². The smallest absolute Gasteiger partial charge is 0.255 e. The van der Waals surface area contributed by atoms with Gasteiger partial charge in [0.25, 0.3) is 5.91 Å². The second-order valence-corrected chi connectivity index (χ2v) is 9.92. The molecule has 4 aromatic rings. The average molecular weight is 528 g/mol. The summed E-state index contributed by atoms with van der Waals surface area (Å²) in [6.45, 7) is -0.147. The second kappa shape index (κ2) is 9.57. The van der Waals surface area contributed by atoms with Gasteiger partial charge in [0.05, 0.1) is 17.8 Å². The first-order valence-electron chi connectivity index (χ1n) is 11.2. The zero-order valence-electron chi connectivity index (χ0n) is 19.1. The van der Waals surface area contributed by atoms with Gasteiger partial charge < -0.3 is 19.4 Å². The lowest BCUT2D eigenvalue weighted by molar-refractivity contribution is 0.0964. The Kier molecular flexibility index (Phi) is 6.46. The lowest BCUT2D eigenvalue weighted by Crippen LogP contribution is -2.26. The molecule has 1 amide bonds. The number of carbonyl (C=O) groups excluding carboxylic acids is 1. The van der Waals surface area contributed by atoms with Gasteiger partial charge in [-0.05, 0) is 72.4 Å². The van der Waals surface area contributed by atoms with E-state index in [0.29, 0.717) is 44.1 Å². The van der Waals surface area contributed by atoms with Crippen LogP contribution in [0.2, 0.25) is 5.02 Å². The van der Waals surface area contributed by atoms with Crippen molar-refractivity contribution in [1.29, 1.82) is 0 Å². The lowest BCUT2D eigenvalue weighted by Gasteiger charge is -2.29. The van der Waals surface area contributed by atoms with Crippen molar-refractivity contribution in [2.45, 2.75) is 25.3 Å². The number of furan rings is 1. The van der Waals surface area contributed by atoms with E-state index in [2.05, 4.69) is 5.32 Å². The molecule has 0 aliphatic heterocycles. The normalized spacial score (nSPS) is 14.1. The summed E-state index contributed by atoms with van der Waals surface area (Å²) < 4.78 is 45.9. The summed E-state index contributed by atoms with van der Waals surface area (Å²) in [5.74, 6) is -1.22. The number of phenols is 1. The fourth-order valence-electron chi connectivity index (χ4n) is 4.27. The van der Waals surface area contributed by atoms with Crippen LogP contribution in [0.25, 0.3) is 22.3 Å². The van der Waals surface area contributed by atoms with E-state index in [1.54, 1.807) is 30.3 Å². The molecule has 0 spiro atoms. The van der Waals surface area contributed by atoms with Crippen molar-refractivity contribution >= 4 is 45.4 Å². The third kappa shape index (κ3) is 4.57. The molecule has 0 bridgehead atoms. The molecule has 1 aliphatic carbocycles. The molecule has 0 radical (unpaired) electrons. The van der Waals surface area contributed by atoms with Gasteiger partial charge in [0.1, 0.15) is 11.3 Å². The summed E-state index contributed by atoms with van der Waals surface area (Å²) in [4.78, 5) is 12.9. The Bertz CT molecular complexity index is 1500. The number of fused-ring (bicyclic) bond motifs is 1. The zero-order valence-corrected chi connectivity index (χ0v) is 20.7. The molecule has 1 atom stereocenters. The maximum atomic E-state index is 13.9. The number of carbonyl (C=O) groups is 1. The van der Waals surface area contributed by atoms with Crippen LogP contribution in [-0.4, -0.2) is 26.8 Å². The summed E-state index contributed by atoms with van der Waals surface area (Å²) in [5.41, 5.74) is 2.85. The monoisotopic (exact) mass is 527 g/mol. The molecule has 7 nitrogen and oxygen atoms in total. The predicted octanol–water partition coefficient (Wildman–Crippen LogP) is 5.64. The van der Waals surface area contributed by atoms with Crippen molar-refractivity contribution < 1.29 is 27.5 Å². The topological polar surface area (TPSA) is 106 Å². The van der Waals surface area contributed by atoms with Gasteiger partial charge in [-0.2, -0.15) is 0 Å². The minimum Gasteiger partial charge on any atom is -0.755 e. The van der Waals surface area contributed by atoms with Crippen molar-refractivity contribution in [3.05, 3.63) is 82.1 Å². The Morgan fingerprint density at radius 3 is 2.56 bits per heavy atom. The van der Waals surface area contributed by atoms with Crippen LogP contribution in [0.1, 0.15) is 40.2 Å². The SMILES string of the molecule is CNC(=O)c1c(-c2ccc(Cl)cc2)oc2cc(N(Cc3ccc(O)c(F)c3)S(=O)[O-])c(C3CC3)cc12. The van der Waals surface area contributed by atoms with Crippen molar-refractivity contribution in [1.82, 2.24) is 5.32 Å². The minimum atomic E-state index is -2.69. The summed E-state index contributed by atoms with van der Waals surface area (Å²) >= 11 is 3.34. The Labute approximate surface area is 213 Å². The average Bonchev–Trinajstić information content (AvgIpc) is 3.64. The van der Waals surface area contributed by atoms with Gasteiger partial charge in [-0.25, -0.2) is 4.39 Å². The maximum Gasteiger partial charge on any atom is 0.255 e. The molecular formula is C26H21ClFN2O5S-. The van der Waals surface area contributed by atoms with Crippen LogP contribution < -0.4 is 9.62 Å². The molecule has 10 heteroatoms. The van der Waals surface area contributed by atoms with Gasteiger partial charge in [-0.1, -0.05) is 17.7 Å². The van der Waals surface area contributed by atoms with E-state index in [9.17, 15) is 23.1 Å². The van der Waals surface area contributed by atoms with E-state index in [0.717, 1.165) is 28.8 Å². The first-order valence-corrected chi connectivity index (χ1v) is 12.6. The quantitative estimate of drug-likeness (QED) is 0.303.